The van der Waals surface area contributed by atoms with Crippen molar-refractivity contribution in [1.29, 1.82) is 0 Å². The maximum Gasteiger partial charge on any atom is 0.151 e. The standard InChI is InChI=1S/C16H17BrFN3/c1-16(2)10-21(15-14(16)20-13(17)9-19-15)8-7-11-3-5-12(18)6-4-11/h3-6,9H,7-8,10H2,1-2H3. The van der Waals surface area contributed by atoms with Crippen LogP contribution in [0, 0.1) is 5.82 Å². The van der Waals surface area contributed by atoms with E-state index in [0.29, 0.717) is 0 Å². The number of hydrogen-bond acceptors (Lipinski definition) is 3. The molecule has 1 aromatic heterocycles. The van der Waals surface area contributed by atoms with Gasteiger partial charge in [0, 0.05) is 18.5 Å². The van der Waals surface area contributed by atoms with Gasteiger partial charge in [0.05, 0.1) is 11.9 Å². The van der Waals surface area contributed by atoms with Crippen LogP contribution >= 0.6 is 15.9 Å². The van der Waals surface area contributed by atoms with Crippen LogP contribution in [0.1, 0.15) is 25.1 Å². The summed E-state index contributed by atoms with van der Waals surface area (Å²) in [4.78, 5) is 11.4. The lowest BCUT2D eigenvalue weighted by Crippen LogP contribution is -2.30. The van der Waals surface area contributed by atoms with Gasteiger partial charge in [-0.1, -0.05) is 26.0 Å². The van der Waals surface area contributed by atoms with Crippen molar-refractivity contribution in [2.45, 2.75) is 25.7 Å². The normalized spacial score (nSPS) is 16.1. The summed E-state index contributed by atoms with van der Waals surface area (Å²) in [6.07, 6.45) is 2.61. The second-order valence-electron chi connectivity index (χ2n) is 6.05. The Bertz CT molecular complexity index is 655. The van der Waals surface area contributed by atoms with Gasteiger partial charge in [0.25, 0.3) is 0 Å². The minimum absolute atomic E-state index is 0.00505. The Labute approximate surface area is 132 Å². The molecule has 3 rings (SSSR count). The summed E-state index contributed by atoms with van der Waals surface area (Å²) in [7, 11) is 0. The van der Waals surface area contributed by atoms with Crippen LogP contribution < -0.4 is 4.90 Å². The van der Waals surface area contributed by atoms with E-state index in [1.54, 1.807) is 6.20 Å². The van der Waals surface area contributed by atoms with E-state index in [1.807, 2.05) is 12.1 Å². The minimum Gasteiger partial charge on any atom is -0.354 e. The summed E-state index contributed by atoms with van der Waals surface area (Å²) < 4.78 is 13.7. The molecule has 2 heterocycles. The first-order chi connectivity index (χ1) is 9.95. The maximum atomic E-state index is 12.9. The van der Waals surface area contributed by atoms with Gasteiger partial charge in [0.1, 0.15) is 10.4 Å². The fraction of sp³-hybridized carbons (Fsp3) is 0.375. The third-order valence-electron chi connectivity index (χ3n) is 3.83. The highest BCUT2D eigenvalue weighted by molar-refractivity contribution is 9.10. The van der Waals surface area contributed by atoms with E-state index < -0.39 is 0 Å². The Morgan fingerprint density at radius 1 is 1.29 bits per heavy atom. The summed E-state index contributed by atoms with van der Waals surface area (Å²) >= 11 is 3.39. The molecule has 1 aromatic carbocycles. The molecule has 0 aliphatic carbocycles. The Balaban J connectivity index is 1.77. The molecule has 21 heavy (non-hydrogen) atoms. The lowest BCUT2D eigenvalue weighted by Gasteiger charge is -2.21. The number of halogens is 2. The minimum atomic E-state index is -0.192. The van der Waals surface area contributed by atoms with Crippen LogP contribution in [0.15, 0.2) is 35.1 Å². The fourth-order valence-corrected chi connectivity index (χ4v) is 3.05. The molecular formula is C16H17BrFN3. The monoisotopic (exact) mass is 349 g/mol. The van der Waals surface area contributed by atoms with Crippen LogP contribution in [0.2, 0.25) is 0 Å². The molecule has 5 heteroatoms. The van der Waals surface area contributed by atoms with E-state index in [-0.39, 0.29) is 11.2 Å². The largest absolute Gasteiger partial charge is 0.354 e. The number of hydrogen-bond donors (Lipinski definition) is 0. The number of fused-ring (bicyclic) bond motifs is 1. The van der Waals surface area contributed by atoms with Crippen molar-refractivity contribution in [3.05, 3.63) is 52.1 Å². The molecule has 2 aromatic rings. The molecule has 0 fully saturated rings. The Kier molecular flexibility index (Phi) is 3.69. The van der Waals surface area contributed by atoms with E-state index in [4.69, 9.17) is 0 Å². The second-order valence-corrected chi connectivity index (χ2v) is 6.86. The number of rotatable bonds is 3. The predicted molar refractivity (Wildman–Crippen MR) is 85.1 cm³/mol. The number of benzene rings is 1. The van der Waals surface area contributed by atoms with Gasteiger partial charge in [0.15, 0.2) is 5.82 Å². The van der Waals surface area contributed by atoms with Gasteiger partial charge >= 0.3 is 0 Å². The third kappa shape index (κ3) is 2.93. The van der Waals surface area contributed by atoms with Crippen molar-refractivity contribution in [3.8, 4) is 0 Å². The summed E-state index contributed by atoms with van der Waals surface area (Å²) in [5, 5.41) is 0. The first-order valence-electron chi connectivity index (χ1n) is 6.98. The summed E-state index contributed by atoms with van der Waals surface area (Å²) in [5.41, 5.74) is 2.17. The predicted octanol–water partition coefficient (Wildman–Crippen LogP) is 3.72. The molecule has 0 atom stereocenters. The van der Waals surface area contributed by atoms with Crippen LogP contribution in [-0.2, 0) is 11.8 Å². The van der Waals surface area contributed by atoms with Crippen LogP contribution in [0.5, 0.6) is 0 Å². The van der Waals surface area contributed by atoms with Crippen molar-refractivity contribution in [3.63, 3.8) is 0 Å². The van der Waals surface area contributed by atoms with Crippen molar-refractivity contribution >= 4 is 21.7 Å². The Hall–Kier alpha value is -1.49. The zero-order valence-electron chi connectivity index (χ0n) is 12.1. The molecular weight excluding hydrogens is 333 g/mol. The quantitative estimate of drug-likeness (QED) is 0.845. The summed E-state index contributed by atoms with van der Waals surface area (Å²) in [6.45, 7) is 6.13. The highest BCUT2D eigenvalue weighted by atomic mass is 79.9. The van der Waals surface area contributed by atoms with Crippen molar-refractivity contribution in [2.75, 3.05) is 18.0 Å². The molecule has 0 saturated heterocycles. The average molecular weight is 350 g/mol. The molecule has 0 unspecified atom stereocenters. The first kappa shape index (κ1) is 14.4. The van der Waals surface area contributed by atoms with Crippen LogP contribution in [0.3, 0.4) is 0 Å². The molecule has 0 N–H and O–H groups in total. The van der Waals surface area contributed by atoms with Crippen LogP contribution in [0.25, 0.3) is 0 Å². The lowest BCUT2D eigenvalue weighted by atomic mass is 9.92. The fourth-order valence-electron chi connectivity index (χ4n) is 2.77. The van der Waals surface area contributed by atoms with Crippen molar-refractivity contribution in [2.24, 2.45) is 0 Å². The summed E-state index contributed by atoms with van der Waals surface area (Å²) in [5.74, 6) is 0.771. The number of nitrogens with zero attached hydrogens (tertiary/aromatic N) is 3. The smallest absolute Gasteiger partial charge is 0.151 e. The average Bonchev–Trinajstić information content (AvgIpc) is 2.69. The van der Waals surface area contributed by atoms with Crippen LogP contribution in [0.4, 0.5) is 10.2 Å². The van der Waals surface area contributed by atoms with Crippen molar-refractivity contribution in [1.82, 2.24) is 9.97 Å². The molecule has 110 valence electrons. The third-order valence-corrected chi connectivity index (χ3v) is 4.22. The van der Waals surface area contributed by atoms with E-state index in [9.17, 15) is 4.39 Å². The molecule has 0 amide bonds. The van der Waals surface area contributed by atoms with Gasteiger partial charge in [-0.3, -0.25) is 0 Å². The van der Waals surface area contributed by atoms with E-state index in [0.717, 1.165) is 41.2 Å². The second kappa shape index (κ2) is 5.37. The molecule has 0 saturated carbocycles. The SMILES string of the molecule is CC1(C)CN(CCc2ccc(F)cc2)c2ncc(Br)nc21. The molecule has 0 radical (unpaired) electrons. The molecule has 0 spiro atoms. The Morgan fingerprint density at radius 3 is 2.71 bits per heavy atom. The first-order valence-corrected chi connectivity index (χ1v) is 7.77. The Morgan fingerprint density at radius 2 is 2.00 bits per heavy atom. The number of aromatic nitrogens is 2. The van der Waals surface area contributed by atoms with Gasteiger partial charge in [0.2, 0.25) is 0 Å². The van der Waals surface area contributed by atoms with Crippen molar-refractivity contribution < 1.29 is 4.39 Å². The van der Waals surface area contributed by atoms with Gasteiger partial charge in [-0.05, 0) is 40.0 Å². The highest BCUT2D eigenvalue weighted by Gasteiger charge is 2.37. The zero-order chi connectivity index (χ0) is 15.0. The van der Waals surface area contributed by atoms with E-state index >= 15 is 0 Å². The molecule has 1 aliphatic rings. The van der Waals surface area contributed by atoms with Gasteiger partial charge in [-0.25, -0.2) is 14.4 Å². The molecule has 1 aliphatic heterocycles. The number of anilines is 1. The van der Waals surface area contributed by atoms with Gasteiger partial charge < -0.3 is 4.90 Å². The van der Waals surface area contributed by atoms with Crippen LogP contribution in [-0.4, -0.2) is 23.1 Å². The topological polar surface area (TPSA) is 29.0 Å². The maximum absolute atomic E-state index is 12.9. The van der Waals surface area contributed by atoms with E-state index in [1.165, 1.54) is 12.1 Å². The zero-order valence-corrected chi connectivity index (χ0v) is 13.7. The van der Waals surface area contributed by atoms with Gasteiger partial charge in [-0.15, -0.1) is 0 Å². The van der Waals surface area contributed by atoms with Gasteiger partial charge in [-0.2, -0.15) is 0 Å². The highest BCUT2D eigenvalue weighted by Crippen LogP contribution is 2.38. The molecule has 3 nitrogen and oxygen atoms in total. The molecule has 0 bridgehead atoms. The lowest BCUT2D eigenvalue weighted by molar-refractivity contribution is 0.537. The summed E-state index contributed by atoms with van der Waals surface area (Å²) in [6, 6.07) is 6.69. The van der Waals surface area contributed by atoms with E-state index in [2.05, 4.69) is 44.6 Å².